The number of halogens is 1. The van der Waals surface area contributed by atoms with Gasteiger partial charge in [-0.05, 0) is 19.9 Å². The number of carbonyl (C=O) groups excluding carboxylic acids is 1. The molecule has 0 aliphatic heterocycles. The molecule has 128 valence electrons. The van der Waals surface area contributed by atoms with Gasteiger partial charge in [-0.2, -0.15) is 0 Å². The number of pyridine rings is 1. The molecule has 1 heterocycles. The molecule has 0 radical (unpaired) electrons. The smallest absolute Gasteiger partial charge is 0.257 e. The maximum Gasteiger partial charge on any atom is 0.257 e. The summed E-state index contributed by atoms with van der Waals surface area (Å²) >= 11 is 6.07. The molecule has 1 amide bonds. The Morgan fingerprint density at radius 3 is 2.46 bits per heavy atom. The molecular formula is C17H20ClN3O3. The zero-order valence-electron chi connectivity index (χ0n) is 14.0. The quantitative estimate of drug-likeness (QED) is 0.829. The predicted octanol–water partition coefficient (Wildman–Crippen LogP) is 3.82. The lowest BCUT2D eigenvalue weighted by atomic mass is 10.2. The van der Waals surface area contributed by atoms with Crippen molar-refractivity contribution in [2.24, 2.45) is 0 Å². The third-order valence-electron chi connectivity index (χ3n) is 3.18. The van der Waals surface area contributed by atoms with E-state index in [4.69, 9.17) is 21.1 Å². The van der Waals surface area contributed by atoms with Gasteiger partial charge in [0.1, 0.15) is 11.5 Å². The van der Waals surface area contributed by atoms with Gasteiger partial charge in [-0.25, -0.2) is 0 Å². The molecule has 0 aliphatic rings. The monoisotopic (exact) mass is 349 g/mol. The molecule has 0 atom stereocenters. The highest BCUT2D eigenvalue weighted by Gasteiger charge is 2.14. The van der Waals surface area contributed by atoms with Gasteiger partial charge in [0.15, 0.2) is 0 Å². The molecule has 0 fully saturated rings. The molecule has 24 heavy (non-hydrogen) atoms. The Balaban J connectivity index is 2.26. The third-order valence-corrected chi connectivity index (χ3v) is 3.47. The zero-order valence-corrected chi connectivity index (χ0v) is 14.8. The summed E-state index contributed by atoms with van der Waals surface area (Å²) in [5, 5.41) is 6.40. The lowest BCUT2D eigenvalue weighted by molar-refractivity contribution is 0.102. The first-order valence-corrected chi connectivity index (χ1v) is 7.76. The Bertz CT molecular complexity index is 735. The summed E-state index contributed by atoms with van der Waals surface area (Å²) in [6.07, 6.45) is 3.17. The van der Waals surface area contributed by atoms with Gasteiger partial charge < -0.3 is 20.1 Å². The molecule has 0 spiro atoms. The molecular weight excluding hydrogens is 330 g/mol. The van der Waals surface area contributed by atoms with Crippen LogP contribution < -0.4 is 20.1 Å². The van der Waals surface area contributed by atoms with Gasteiger partial charge in [0, 0.05) is 30.6 Å². The van der Waals surface area contributed by atoms with E-state index in [9.17, 15) is 4.79 Å². The number of aromatic nitrogens is 1. The summed E-state index contributed by atoms with van der Waals surface area (Å²) in [4.78, 5) is 16.6. The summed E-state index contributed by atoms with van der Waals surface area (Å²) in [7, 11) is 3.01. The van der Waals surface area contributed by atoms with Crippen LogP contribution in [0.25, 0.3) is 0 Å². The first kappa shape index (κ1) is 17.9. The minimum atomic E-state index is -0.308. The average molecular weight is 350 g/mol. The van der Waals surface area contributed by atoms with Crippen molar-refractivity contribution in [1.82, 2.24) is 4.98 Å². The fourth-order valence-corrected chi connectivity index (χ4v) is 2.36. The molecule has 2 aromatic rings. The van der Waals surface area contributed by atoms with Crippen LogP contribution in [0.4, 0.5) is 11.4 Å². The summed E-state index contributed by atoms with van der Waals surface area (Å²) in [5.41, 5.74) is 1.67. The molecule has 6 nitrogen and oxygen atoms in total. The van der Waals surface area contributed by atoms with Crippen LogP contribution in [0.15, 0.2) is 30.6 Å². The Morgan fingerprint density at radius 1 is 1.12 bits per heavy atom. The van der Waals surface area contributed by atoms with Crippen LogP contribution in [0.1, 0.15) is 24.2 Å². The van der Waals surface area contributed by atoms with E-state index in [-0.39, 0.29) is 11.9 Å². The molecule has 0 saturated heterocycles. The van der Waals surface area contributed by atoms with Crippen LogP contribution in [0.2, 0.25) is 5.02 Å². The van der Waals surface area contributed by atoms with E-state index in [0.29, 0.717) is 27.8 Å². The Hall–Kier alpha value is -2.47. The van der Waals surface area contributed by atoms with Crippen molar-refractivity contribution < 1.29 is 14.3 Å². The van der Waals surface area contributed by atoms with Crippen LogP contribution in [-0.4, -0.2) is 31.2 Å². The van der Waals surface area contributed by atoms with E-state index in [2.05, 4.69) is 15.6 Å². The molecule has 1 aromatic carbocycles. The van der Waals surface area contributed by atoms with E-state index >= 15 is 0 Å². The molecule has 0 aliphatic carbocycles. The minimum Gasteiger partial charge on any atom is -0.495 e. The van der Waals surface area contributed by atoms with E-state index < -0.39 is 0 Å². The molecule has 0 saturated carbocycles. The zero-order chi connectivity index (χ0) is 17.7. The van der Waals surface area contributed by atoms with Crippen molar-refractivity contribution in [3.8, 4) is 11.5 Å². The number of rotatable bonds is 6. The SMILES string of the molecule is COc1cc(NC(=O)c2cncc(NC(C)C)c2)c(OC)cc1Cl. The topological polar surface area (TPSA) is 72.5 Å². The van der Waals surface area contributed by atoms with Crippen molar-refractivity contribution in [3.63, 3.8) is 0 Å². The van der Waals surface area contributed by atoms with Crippen molar-refractivity contribution >= 4 is 28.9 Å². The molecule has 0 bridgehead atoms. The van der Waals surface area contributed by atoms with E-state index in [1.54, 1.807) is 24.4 Å². The van der Waals surface area contributed by atoms with Gasteiger partial charge in [-0.3, -0.25) is 9.78 Å². The fourth-order valence-electron chi connectivity index (χ4n) is 2.13. The predicted molar refractivity (Wildman–Crippen MR) is 95.5 cm³/mol. The Labute approximate surface area is 146 Å². The van der Waals surface area contributed by atoms with Gasteiger partial charge in [-0.1, -0.05) is 11.6 Å². The fraction of sp³-hybridized carbons (Fsp3) is 0.294. The van der Waals surface area contributed by atoms with Crippen molar-refractivity contribution in [2.45, 2.75) is 19.9 Å². The van der Waals surface area contributed by atoms with Gasteiger partial charge >= 0.3 is 0 Å². The summed E-state index contributed by atoms with van der Waals surface area (Å²) in [6.45, 7) is 4.02. The second-order valence-electron chi connectivity index (χ2n) is 5.40. The van der Waals surface area contributed by atoms with E-state index in [0.717, 1.165) is 5.69 Å². The normalized spacial score (nSPS) is 10.4. The lowest BCUT2D eigenvalue weighted by Crippen LogP contribution is -2.15. The Kier molecular flexibility index (Phi) is 5.87. The van der Waals surface area contributed by atoms with Crippen LogP contribution in [0.3, 0.4) is 0 Å². The molecule has 1 aromatic heterocycles. The number of hydrogen-bond donors (Lipinski definition) is 2. The van der Waals surface area contributed by atoms with E-state index in [1.165, 1.54) is 20.4 Å². The van der Waals surface area contributed by atoms with Gasteiger partial charge in [0.2, 0.25) is 0 Å². The molecule has 2 N–H and O–H groups in total. The highest BCUT2D eigenvalue weighted by Crippen LogP contribution is 2.36. The number of methoxy groups -OCH3 is 2. The summed E-state index contributed by atoms with van der Waals surface area (Å²) in [6, 6.07) is 5.18. The molecule has 0 unspecified atom stereocenters. The highest BCUT2D eigenvalue weighted by molar-refractivity contribution is 6.32. The maximum absolute atomic E-state index is 12.5. The van der Waals surface area contributed by atoms with Gasteiger partial charge in [0.25, 0.3) is 5.91 Å². The number of amides is 1. The number of nitrogens with one attached hydrogen (secondary N) is 2. The number of carbonyl (C=O) groups is 1. The largest absolute Gasteiger partial charge is 0.495 e. The van der Waals surface area contributed by atoms with Crippen molar-refractivity contribution in [3.05, 3.63) is 41.2 Å². The van der Waals surface area contributed by atoms with Crippen LogP contribution in [0.5, 0.6) is 11.5 Å². The number of hydrogen-bond acceptors (Lipinski definition) is 5. The standard InChI is InChI=1S/C17H20ClN3O3/c1-10(2)20-12-5-11(8-19-9-12)17(22)21-14-7-15(23-3)13(18)6-16(14)24-4/h5-10,20H,1-4H3,(H,21,22). The number of nitrogens with zero attached hydrogens (tertiary/aromatic N) is 1. The molecule has 2 rings (SSSR count). The van der Waals surface area contributed by atoms with Crippen LogP contribution >= 0.6 is 11.6 Å². The van der Waals surface area contributed by atoms with Crippen LogP contribution in [0, 0.1) is 0 Å². The second-order valence-corrected chi connectivity index (χ2v) is 5.81. The van der Waals surface area contributed by atoms with Gasteiger partial charge in [0.05, 0.1) is 36.2 Å². The average Bonchev–Trinajstić information content (AvgIpc) is 2.55. The third kappa shape index (κ3) is 4.29. The number of benzene rings is 1. The lowest BCUT2D eigenvalue weighted by Gasteiger charge is -2.14. The van der Waals surface area contributed by atoms with Gasteiger partial charge in [-0.15, -0.1) is 0 Å². The van der Waals surface area contributed by atoms with Crippen molar-refractivity contribution in [2.75, 3.05) is 24.9 Å². The highest BCUT2D eigenvalue weighted by atomic mass is 35.5. The van der Waals surface area contributed by atoms with E-state index in [1.807, 2.05) is 13.8 Å². The first-order valence-electron chi connectivity index (χ1n) is 7.39. The second kappa shape index (κ2) is 7.88. The number of anilines is 2. The Morgan fingerprint density at radius 2 is 1.83 bits per heavy atom. The summed E-state index contributed by atoms with van der Waals surface area (Å²) < 4.78 is 10.4. The van der Waals surface area contributed by atoms with Crippen molar-refractivity contribution in [1.29, 1.82) is 0 Å². The minimum absolute atomic E-state index is 0.241. The number of ether oxygens (including phenoxy) is 2. The maximum atomic E-state index is 12.5. The van der Waals surface area contributed by atoms with Crippen LogP contribution in [-0.2, 0) is 0 Å². The summed E-state index contributed by atoms with van der Waals surface area (Å²) in [5.74, 6) is 0.581. The first-order chi connectivity index (χ1) is 11.4. The molecule has 7 heteroatoms.